The first kappa shape index (κ1) is 18.0. The molecule has 6 nitrogen and oxygen atoms in total. The number of nitrogens with zero attached hydrogens (tertiary/aromatic N) is 1. The summed E-state index contributed by atoms with van der Waals surface area (Å²) >= 11 is 0. The third-order valence-electron chi connectivity index (χ3n) is 4.39. The summed E-state index contributed by atoms with van der Waals surface area (Å²) in [6, 6.07) is 7.14. The highest BCUT2D eigenvalue weighted by Crippen LogP contribution is 2.24. The second-order valence-corrected chi connectivity index (χ2v) is 6.17. The van der Waals surface area contributed by atoms with Crippen molar-refractivity contribution in [3.63, 3.8) is 0 Å². The largest absolute Gasteiger partial charge is 0.339 e. The Morgan fingerprint density at radius 3 is 2.17 bits per heavy atom. The summed E-state index contributed by atoms with van der Waals surface area (Å²) in [5.41, 5.74) is 1.33. The number of benzene rings is 1. The van der Waals surface area contributed by atoms with Crippen molar-refractivity contribution >= 4 is 29.1 Å². The Bertz CT molecular complexity index is 608. The first-order valence-electron chi connectivity index (χ1n) is 8.42. The van der Waals surface area contributed by atoms with Gasteiger partial charge in [0.25, 0.3) is 0 Å². The van der Waals surface area contributed by atoms with Gasteiger partial charge >= 0.3 is 0 Å². The van der Waals surface area contributed by atoms with Crippen molar-refractivity contribution in [3.8, 4) is 0 Å². The van der Waals surface area contributed by atoms with Crippen LogP contribution in [0.5, 0.6) is 0 Å². The molecule has 3 amide bonds. The fourth-order valence-corrected chi connectivity index (χ4v) is 3.07. The summed E-state index contributed by atoms with van der Waals surface area (Å²) in [4.78, 5) is 37.4. The molecule has 0 spiro atoms. The van der Waals surface area contributed by atoms with E-state index >= 15 is 0 Å². The third kappa shape index (κ3) is 4.34. The van der Waals surface area contributed by atoms with Crippen molar-refractivity contribution in [1.29, 1.82) is 0 Å². The number of carbonyl (C=O) groups is 3. The molecule has 1 atom stereocenters. The van der Waals surface area contributed by atoms with E-state index < -0.39 is 0 Å². The van der Waals surface area contributed by atoms with Crippen LogP contribution in [0.15, 0.2) is 24.3 Å². The molecule has 130 valence electrons. The molecular weight excluding hydrogens is 306 g/mol. The molecule has 6 heteroatoms. The minimum atomic E-state index is -0.312. The van der Waals surface area contributed by atoms with Gasteiger partial charge in [-0.25, -0.2) is 0 Å². The molecule has 1 unspecified atom stereocenters. The second kappa shape index (κ2) is 7.95. The molecular formula is C18H25N3O3. The number of anilines is 2. The molecule has 1 heterocycles. The SMILES string of the molecule is CCC(CC)N1CC(C(=O)Nc2ccc(NC(C)=O)cc2)CC1=O. The van der Waals surface area contributed by atoms with Crippen LogP contribution in [-0.2, 0) is 14.4 Å². The monoisotopic (exact) mass is 331 g/mol. The fourth-order valence-electron chi connectivity index (χ4n) is 3.07. The van der Waals surface area contributed by atoms with Gasteiger partial charge in [0, 0.05) is 37.3 Å². The maximum atomic E-state index is 12.4. The number of rotatable bonds is 6. The molecule has 1 saturated heterocycles. The molecule has 24 heavy (non-hydrogen) atoms. The van der Waals surface area contributed by atoms with Crippen LogP contribution in [0, 0.1) is 5.92 Å². The van der Waals surface area contributed by atoms with E-state index in [9.17, 15) is 14.4 Å². The summed E-state index contributed by atoms with van der Waals surface area (Å²) in [5, 5.41) is 5.52. The number of amides is 3. The minimum Gasteiger partial charge on any atom is -0.339 e. The zero-order valence-electron chi connectivity index (χ0n) is 14.5. The van der Waals surface area contributed by atoms with E-state index in [1.54, 1.807) is 24.3 Å². The Kier molecular flexibility index (Phi) is 5.95. The highest BCUT2D eigenvalue weighted by atomic mass is 16.2. The Hall–Kier alpha value is -2.37. The lowest BCUT2D eigenvalue weighted by molar-refractivity contribution is -0.130. The first-order valence-corrected chi connectivity index (χ1v) is 8.42. The zero-order chi connectivity index (χ0) is 17.7. The topological polar surface area (TPSA) is 78.5 Å². The highest BCUT2D eigenvalue weighted by Gasteiger charge is 2.36. The zero-order valence-corrected chi connectivity index (χ0v) is 14.5. The Morgan fingerprint density at radius 2 is 1.67 bits per heavy atom. The molecule has 0 saturated carbocycles. The number of hydrogen-bond donors (Lipinski definition) is 2. The molecule has 2 rings (SSSR count). The Morgan fingerprint density at radius 1 is 1.12 bits per heavy atom. The van der Waals surface area contributed by atoms with E-state index in [4.69, 9.17) is 0 Å². The molecule has 1 aromatic rings. The van der Waals surface area contributed by atoms with E-state index in [2.05, 4.69) is 24.5 Å². The van der Waals surface area contributed by atoms with Crippen LogP contribution in [0.25, 0.3) is 0 Å². The second-order valence-electron chi connectivity index (χ2n) is 6.17. The van der Waals surface area contributed by atoms with Crippen LogP contribution >= 0.6 is 0 Å². The van der Waals surface area contributed by atoms with Gasteiger partial charge in [-0.1, -0.05) is 13.8 Å². The normalized spacial score (nSPS) is 17.2. The van der Waals surface area contributed by atoms with Crippen LogP contribution in [-0.4, -0.2) is 35.2 Å². The number of carbonyl (C=O) groups excluding carboxylic acids is 3. The van der Waals surface area contributed by atoms with Gasteiger partial charge in [0.2, 0.25) is 17.7 Å². The molecule has 1 aliphatic rings. The van der Waals surface area contributed by atoms with Crippen LogP contribution in [0.4, 0.5) is 11.4 Å². The van der Waals surface area contributed by atoms with Gasteiger partial charge in [0.15, 0.2) is 0 Å². The van der Waals surface area contributed by atoms with E-state index in [1.165, 1.54) is 6.92 Å². The van der Waals surface area contributed by atoms with Crippen LogP contribution in [0.3, 0.4) is 0 Å². The number of nitrogens with one attached hydrogen (secondary N) is 2. The lowest BCUT2D eigenvalue weighted by Gasteiger charge is -2.26. The van der Waals surface area contributed by atoms with Crippen molar-refractivity contribution in [2.75, 3.05) is 17.2 Å². The Balaban J connectivity index is 1.95. The molecule has 1 fully saturated rings. The highest BCUT2D eigenvalue weighted by molar-refractivity contribution is 5.97. The standard InChI is InChI=1S/C18H25N3O3/c1-4-16(5-2)21-11-13(10-17(21)23)18(24)20-15-8-6-14(7-9-15)19-12(3)22/h6-9,13,16H,4-5,10-11H2,1-3H3,(H,19,22)(H,20,24). The Labute approximate surface area is 142 Å². The molecule has 1 aliphatic heterocycles. The number of likely N-dealkylation sites (tertiary alicyclic amines) is 1. The fraction of sp³-hybridized carbons (Fsp3) is 0.500. The predicted octanol–water partition coefficient (Wildman–Crippen LogP) is 2.62. The molecule has 0 radical (unpaired) electrons. The molecule has 0 aromatic heterocycles. The average molecular weight is 331 g/mol. The van der Waals surface area contributed by atoms with E-state index in [1.807, 2.05) is 4.90 Å². The van der Waals surface area contributed by atoms with Gasteiger partial charge in [-0.3, -0.25) is 14.4 Å². The van der Waals surface area contributed by atoms with E-state index in [0.717, 1.165) is 12.8 Å². The van der Waals surface area contributed by atoms with Gasteiger partial charge in [-0.15, -0.1) is 0 Å². The summed E-state index contributed by atoms with van der Waals surface area (Å²) in [5.74, 6) is -0.528. The van der Waals surface area contributed by atoms with Crippen molar-refractivity contribution < 1.29 is 14.4 Å². The lowest BCUT2D eigenvalue weighted by Crippen LogP contribution is -2.36. The maximum Gasteiger partial charge on any atom is 0.229 e. The minimum absolute atomic E-state index is 0.0601. The number of hydrogen-bond acceptors (Lipinski definition) is 3. The average Bonchev–Trinajstić information content (AvgIpc) is 2.92. The van der Waals surface area contributed by atoms with Crippen molar-refractivity contribution in [2.24, 2.45) is 5.92 Å². The summed E-state index contributed by atoms with van der Waals surface area (Å²) in [6.45, 7) is 6.05. The molecule has 2 N–H and O–H groups in total. The van der Waals surface area contributed by atoms with Crippen molar-refractivity contribution in [3.05, 3.63) is 24.3 Å². The molecule has 1 aromatic carbocycles. The van der Waals surface area contributed by atoms with Crippen molar-refractivity contribution in [2.45, 2.75) is 46.1 Å². The summed E-state index contributed by atoms with van der Waals surface area (Å²) < 4.78 is 0. The molecule has 0 aliphatic carbocycles. The third-order valence-corrected chi connectivity index (χ3v) is 4.39. The lowest BCUT2D eigenvalue weighted by atomic mass is 10.1. The van der Waals surface area contributed by atoms with Gasteiger partial charge in [0.05, 0.1) is 5.92 Å². The van der Waals surface area contributed by atoms with Gasteiger partial charge < -0.3 is 15.5 Å². The summed E-state index contributed by atoms with van der Waals surface area (Å²) in [7, 11) is 0. The molecule has 0 bridgehead atoms. The van der Waals surface area contributed by atoms with Gasteiger partial charge in [-0.05, 0) is 37.1 Å². The maximum absolute atomic E-state index is 12.4. The van der Waals surface area contributed by atoms with E-state index in [-0.39, 0.29) is 36.1 Å². The van der Waals surface area contributed by atoms with Crippen molar-refractivity contribution in [1.82, 2.24) is 4.90 Å². The first-order chi connectivity index (χ1) is 11.4. The van der Waals surface area contributed by atoms with Crippen LogP contribution < -0.4 is 10.6 Å². The van der Waals surface area contributed by atoms with Crippen LogP contribution in [0.2, 0.25) is 0 Å². The van der Waals surface area contributed by atoms with E-state index in [0.29, 0.717) is 17.9 Å². The van der Waals surface area contributed by atoms with Gasteiger partial charge in [0.1, 0.15) is 0 Å². The smallest absolute Gasteiger partial charge is 0.229 e. The predicted molar refractivity (Wildman–Crippen MR) is 93.6 cm³/mol. The van der Waals surface area contributed by atoms with Crippen LogP contribution in [0.1, 0.15) is 40.0 Å². The summed E-state index contributed by atoms with van der Waals surface area (Å²) in [6.07, 6.45) is 2.08. The quantitative estimate of drug-likeness (QED) is 0.841. The van der Waals surface area contributed by atoms with Gasteiger partial charge in [-0.2, -0.15) is 0 Å².